The van der Waals surface area contributed by atoms with Gasteiger partial charge >= 0.3 is 5.97 Å². The van der Waals surface area contributed by atoms with Crippen LogP contribution >= 0.6 is 12.6 Å². The topological polar surface area (TPSA) is 26.3 Å². The first-order valence-electron chi connectivity index (χ1n) is 8.07. The predicted molar refractivity (Wildman–Crippen MR) is 85.9 cm³/mol. The van der Waals surface area contributed by atoms with Crippen LogP contribution in [-0.2, 0) is 9.53 Å². The average Bonchev–Trinajstić information content (AvgIpc) is 2.40. The molecule has 0 rings (SSSR count). The highest BCUT2D eigenvalue weighted by molar-refractivity contribution is 7.80. The van der Waals surface area contributed by atoms with E-state index >= 15 is 0 Å². The summed E-state index contributed by atoms with van der Waals surface area (Å²) in [5.41, 5.74) is 0. The maximum atomic E-state index is 11.1. The first kappa shape index (κ1) is 18.8. The number of carbonyl (C=O) groups is 1. The molecule has 0 spiro atoms. The molecule has 3 heteroatoms. The summed E-state index contributed by atoms with van der Waals surface area (Å²) in [6, 6.07) is 0. The van der Waals surface area contributed by atoms with Crippen molar-refractivity contribution in [2.45, 2.75) is 84.0 Å². The summed E-state index contributed by atoms with van der Waals surface area (Å²) in [6.07, 6.45) is 14.8. The first-order valence-corrected chi connectivity index (χ1v) is 8.71. The summed E-state index contributed by atoms with van der Waals surface area (Å²) in [4.78, 5) is 11.1. The molecule has 0 amide bonds. The van der Waals surface area contributed by atoms with E-state index in [1.165, 1.54) is 64.2 Å². The normalized spacial score (nSPS) is 10.6. The van der Waals surface area contributed by atoms with Crippen LogP contribution in [0.25, 0.3) is 0 Å². The molecule has 2 nitrogen and oxygen atoms in total. The van der Waals surface area contributed by atoms with Crippen LogP contribution in [0, 0.1) is 0 Å². The predicted octanol–water partition coefficient (Wildman–Crippen LogP) is 5.16. The second-order valence-electron chi connectivity index (χ2n) is 5.17. The number of thiol groups is 1. The summed E-state index contributed by atoms with van der Waals surface area (Å²) >= 11 is 4.22. The summed E-state index contributed by atoms with van der Waals surface area (Å²) in [7, 11) is 0. The van der Waals surface area contributed by atoms with Crippen molar-refractivity contribution >= 4 is 18.6 Å². The van der Waals surface area contributed by atoms with Gasteiger partial charge in [-0.1, -0.05) is 57.8 Å². The van der Waals surface area contributed by atoms with Gasteiger partial charge in [0, 0.05) is 6.42 Å². The van der Waals surface area contributed by atoms with E-state index in [4.69, 9.17) is 4.74 Å². The molecule has 19 heavy (non-hydrogen) atoms. The van der Waals surface area contributed by atoms with E-state index in [2.05, 4.69) is 12.6 Å². The van der Waals surface area contributed by atoms with E-state index in [-0.39, 0.29) is 5.97 Å². The van der Waals surface area contributed by atoms with Gasteiger partial charge in [0.15, 0.2) is 0 Å². The maximum absolute atomic E-state index is 11.1. The molecule has 0 aliphatic rings. The number of hydrogen-bond donors (Lipinski definition) is 1. The molecule has 0 unspecified atom stereocenters. The molecule has 0 aromatic heterocycles. The van der Waals surface area contributed by atoms with Gasteiger partial charge < -0.3 is 4.74 Å². The highest BCUT2D eigenvalue weighted by atomic mass is 32.1. The Balaban J connectivity index is 3.01. The molecule has 0 aliphatic heterocycles. The van der Waals surface area contributed by atoms with Crippen LogP contribution in [0.15, 0.2) is 0 Å². The first-order chi connectivity index (χ1) is 9.31. The number of hydrogen-bond acceptors (Lipinski definition) is 3. The zero-order chi connectivity index (χ0) is 14.2. The van der Waals surface area contributed by atoms with E-state index < -0.39 is 0 Å². The van der Waals surface area contributed by atoms with Crippen molar-refractivity contribution < 1.29 is 9.53 Å². The third kappa shape index (κ3) is 15.8. The van der Waals surface area contributed by atoms with Crippen LogP contribution in [0.3, 0.4) is 0 Å². The number of ether oxygens (including phenoxy) is 1. The maximum Gasteiger partial charge on any atom is 0.305 e. The lowest BCUT2D eigenvalue weighted by atomic mass is 10.1. The molecule has 0 fully saturated rings. The van der Waals surface area contributed by atoms with Gasteiger partial charge in [-0.3, -0.25) is 4.79 Å². The molecule has 0 aliphatic carbocycles. The molecule has 0 aromatic rings. The van der Waals surface area contributed by atoms with Crippen molar-refractivity contribution in [2.24, 2.45) is 0 Å². The molecule has 0 aromatic carbocycles. The minimum absolute atomic E-state index is 0.0382. The lowest BCUT2D eigenvalue weighted by Crippen LogP contribution is -2.03. The Morgan fingerprint density at radius 2 is 1.21 bits per heavy atom. The fourth-order valence-electron chi connectivity index (χ4n) is 2.21. The SMILES string of the molecule is CCOC(=O)CCCCCCCCCCCCCS. The fraction of sp³-hybridized carbons (Fsp3) is 0.938. The van der Waals surface area contributed by atoms with Crippen molar-refractivity contribution in [3.63, 3.8) is 0 Å². The van der Waals surface area contributed by atoms with Crippen LogP contribution in [-0.4, -0.2) is 18.3 Å². The Hall–Kier alpha value is -0.180. The second-order valence-corrected chi connectivity index (χ2v) is 5.61. The van der Waals surface area contributed by atoms with Gasteiger partial charge in [0.25, 0.3) is 0 Å². The van der Waals surface area contributed by atoms with Crippen molar-refractivity contribution in [3.8, 4) is 0 Å². The fourth-order valence-corrected chi connectivity index (χ4v) is 2.43. The molecule has 0 saturated carbocycles. The molecule has 0 heterocycles. The van der Waals surface area contributed by atoms with Gasteiger partial charge in [0.2, 0.25) is 0 Å². The van der Waals surface area contributed by atoms with E-state index in [0.717, 1.165) is 12.2 Å². The number of unbranched alkanes of at least 4 members (excludes halogenated alkanes) is 10. The Morgan fingerprint density at radius 1 is 0.789 bits per heavy atom. The highest BCUT2D eigenvalue weighted by Gasteiger charge is 2.00. The Kier molecular flexibility index (Phi) is 15.7. The van der Waals surface area contributed by atoms with Gasteiger partial charge in [0.05, 0.1) is 6.61 Å². The van der Waals surface area contributed by atoms with E-state index in [1.807, 2.05) is 6.92 Å². The lowest BCUT2D eigenvalue weighted by molar-refractivity contribution is -0.143. The molecule has 0 saturated heterocycles. The standard InChI is InChI=1S/C16H32O2S/c1-2-18-16(17)14-12-10-8-6-4-3-5-7-9-11-13-15-19/h19H,2-15H2,1H3. The van der Waals surface area contributed by atoms with E-state index in [0.29, 0.717) is 13.0 Å². The summed E-state index contributed by atoms with van der Waals surface area (Å²) in [5.74, 6) is 0.995. The summed E-state index contributed by atoms with van der Waals surface area (Å²) in [6.45, 7) is 2.36. The van der Waals surface area contributed by atoms with Gasteiger partial charge in [0.1, 0.15) is 0 Å². The number of rotatable bonds is 14. The van der Waals surface area contributed by atoms with E-state index in [9.17, 15) is 4.79 Å². The Morgan fingerprint density at radius 3 is 1.63 bits per heavy atom. The zero-order valence-corrected chi connectivity index (χ0v) is 13.6. The highest BCUT2D eigenvalue weighted by Crippen LogP contribution is 2.12. The van der Waals surface area contributed by atoms with Gasteiger partial charge in [-0.15, -0.1) is 0 Å². The van der Waals surface area contributed by atoms with Gasteiger partial charge in [-0.25, -0.2) is 0 Å². The van der Waals surface area contributed by atoms with Crippen LogP contribution in [0.2, 0.25) is 0 Å². The smallest absolute Gasteiger partial charge is 0.305 e. The number of carbonyl (C=O) groups excluding carboxylic acids is 1. The van der Waals surface area contributed by atoms with Crippen LogP contribution < -0.4 is 0 Å². The minimum Gasteiger partial charge on any atom is -0.466 e. The summed E-state index contributed by atoms with van der Waals surface area (Å²) < 4.78 is 4.90. The largest absolute Gasteiger partial charge is 0.466 e. The molecular weight excluding hydrogens is 256 g/mol. The lowest BCUT2D eigenvalue weighted by Gasteiger charge is -2.03. The number of esters is 1. The third-order valence-corrected chi connectivity index (χ3v) is 3.66. The van der Waals surface area contributed by atoms with Crippen molar-refractivity contribution in [3.05, 3.63) is 0 Å². The van der Waals surface area contributed by atoms with Crippen LogP contribution in [0.1, 0.15) is 84.0 Å². The quantitative estimate of drug-likeness (QED) is 0.271. The molecular formula is C16H32O2S. The van der Waals surface area contributed by atoms with Crippen molar-refractivity contribution in [2.75, 3.05) is 12.4 Å². The third-order valence-electron chi connectivity index (χ3n) is 3.34. The van der Waals surface area contributed by atoms with Crippen LogP contribution in [0.4, 0.5) is 0 Å². The average molecular weight is 288 g/mol. The molecule has 0 N–H and O–H groups in total. The van der Waals surface area contributed by atoms with Crippen LogP contribution in [0.5, 0.6) is 0 Å². The zero-order valence-electron chi connectivity index (χ0n) is 12.7. The van der Waals surface area contributed by atoms with Crippen molar-refractivity contribution in [1.82, 2.24) is 0 Å². The van der Waals surface area contributed by atoms with Gasteiger partial charge in [-0.05, 0) is 25.5 Å². The molecule has 114 valence electrons. The minimum atomic E-state index is -0.0382. The van der Waals surface area contributed by atoms with Crippen molar-refractivity contribution in [1.29, 1.82) is 0 Å². The second kappa shape index (κ2) is 15.9. The van der Waals surface area contributed by atoms with Gasteiger partial charge in [-0.2, -0.15) is 12.6 Å². The Bertz CT molecular complexity index is 195. The molecule has 0 radical (unpaired) electrons. The molecule has 0 bridgehead atoms. The monoisotopic (exact) mass is 288 g/mol. The van der Waals surface area contributed by atoms with E-state index in [1.54, 1.807) is 0 Å². The summed E-state index contributed by atoms with van der Waals surface area (Å²) in [5, 5.41) is 0. The molecule has 0 atom stereocenters. The Labute approximate surface area is 125 Å².